The van der Waals surface area contributed by atoms with Crippen LogP contribution in [0.3, 0.4) is 0 Å². The van der Waals surface area contributed by atoms with Gasteiger partial charge >= 0.3 is 5.97 Å². The van der Waals surface area contributed by atoms with Crippen LogP contribution in [-0.2, 0) is 19.6 Å². The number of carbonyl (C=O) groups is 1. The minimum atomic E-state index is -3.59. The Balaban J connectivity index is 1.99. The Bertz CT molecular complexity index is 683. The van der Waals surface area contributed by atoms with Crippen molar-refractivity contribution in [1.29, 1.82) is 0 Å². The molecular weight excluding hydrogens is 314 g/mol. The number of nitrogens with zero attached hydrogens (tertiary/aromatic N) is 1. The molecule has 0 aromatic heterocycles. The van der Waals surface area contributed by atoms with E-state index in [0.29, 0.717) is 11.3 Å². The molecule has 2 aliphatic heterocycles. The molecule has 0 radical (unpaired) electrons. The highest BCUT2D eigenvalue weighted by molar-refractivity contribution is 7.89. The number of hydrogen-bond acceptors (Lipinski definition) is 4. The topological polar surface area (TPSA) is 63.7 Å². The van der Waals surface area contributed by atoms with E-state index in [-0.39, 0.29) is 24.0 Å². The molecule has 0 saturated carbocycles. The lowest BCUT2D eigenvalue weighted by Gasteiger charge is -2.30. The number of fused-ring (bicyclic) bond motifs is 2. The van der Waals surface area contributed by atoms with Gasteiger partial charge in [-0.05, 0) is 44.7 Å². The van der Waals surface area contributed by atoms with E-state index in [1.807, 2.05) is 19.1 Å². The number of carbonyl (C=O) groups excluding carboxylic acids is 1. The molecule has 0 amide bonds. The van der Waals surface area contributed by atoms with Crippen molar-refractivity contribution in [3.05, 3.63) is 29.8 Å². The van der Waals surface area contributed by atoms with Gasteiger partial charge in [-0.15, -0.1) is 0 Å². The molecule has 0 N–H and O–H groups in total. The van der Waals surface area contributed by atoms with Crippen LogP contribution in [0.2, 0.25) is 0 Å². The number of rotatable bonds is 3. The van der Waals surface area contributed by atoms with Crippen molar-refractivity contribution in [3.8, 4) is 0 Å². The summed E-state index contributed by atoms with van der Waals surface area (Å²) in [6.07, 6.45) is 3.93. The quantitative estimate of drug-likeness (QED) is 0.795. The number of methoxy groups -OCH3 is 1. The first-order chi connectivity index (χ1) is 10.9. The minimum Gasteiger partial charge on any atom is -0.469 e. The highest BCUT2D eigenvalue weighted by Gasteiger charge is 2.49. The van der Waals surface area contributed by atoms with Gasteiger partial charge in [0.15, 0.2) is 0 Å². The van der Waals surface area contributed by atoms with E-state index in [4.69, 9.17) is 4.74 Å². The molecule has 5 nitrogen and oxygen atoms in total. The second-order valence-corrected chi connectivity index (χ2v) is 8.35. The fourth-order valence-electron chi connectivity index (χ4n) is 3.94. The van der Waals surface area contributed by atoms with Crippen LogP contribution in [-0.4, -0.2) is 37.9 Å². The van der Waals surface area contributed by atoms with Gasteiger partial charge in [-0.25, -0.2) is 8.42 Å². The Kier molecular flexibility index (Phi) is 4.47. The summed E-state index contributed by atoms with van der Waals surface area (Å²) in [5.41, 5.74) is 1.02. The molecule has 126 valence electrons. The van der Waals surface area contributed by atoms with Crippen LogP contribution in [0.1, 0.15) is 37.7 Å². The molecule has 2 aliphatic rings. The van der Waals surface area contributed by atoms with Crippen molar-refractivity contribution in [1.82, 2.24) is 4.31 Å². The maximum atomic E-state index is 13.1. The Morgan fingerprint density at radius 1 is 1.13 bits per heavy atom. The second-order valence-electron chi connectivity index (χ2n) is 6.51. The zero-order chi connectivity index (χ0) is 16.6. The maximum Gasteiger partial charge on any atom is 0.310 e. The third-order valence-corrected chi connectivity index (χ3v) is 7.09. The summed E-state index contributed by atoms with van der Waals surface area (Å²) in [4.78, 5) is 12.4. The molecule has 2 fully saturated rings. The Morgan fingerprint density at radius 2 is 1.83 bits per heavy atom. The van der Waals surface area contributed by atoms with Crippen LogP contribution >= 0.6 is 0 Å². The summed E-state index contributed by atoms with van der Waals surface area (Å²) in [6, 6.07) is 6.65. The van der Waals surface area contributed by atoms with Crippen LogP contribution in [0.5, 0.6) is 0 Å². The highest BCUT2D eigenvalue weighted by Crippen LogP contribution is 2.41. The Hall–Kier alpha value is -1.40. The lowest BCUT2D eigenvalue weighted by Crippen LogP contribution is -2.45. The van der Waals surface area contributed by atoms with E-state index >= 15 is 0 Å². The number of aryl methyl sites for hydroxylation is 1. The van der Waals surface area contributed by atoms with Gasteiger partial charge in [0.1, 0.15) is 0 Å². The van der Waals surface area contributed by atoms with Gasteiger partial charge in [0.2, 0.25) is 10.0 Å². The molecule has 3 atom stereocenters. The largest absolute Gasteiger partial charge is 0.469 e. The SMILES string of the molecule is COC(=O)[C@H]1CCC[C@H]2CC[C@@H]1N2S(=O)(=O)c1ccc(C)cc1. The van der Waals surface area contributed by atoms with Gasteiger partial charge in [0.05, 0.1) is 17.9 Å². The normalized spacial score (nSPS) is 28.3. The average molecular weight is 337 g/mol. The molecule has 3 rings (SSSR count). The molecular formula is C17H23NO4S. The fraction of sp³-hybridized carbons (Fsp3) is 0.588. The maximum absolute atomic E-state index is 13.1. The van der Waals surface area contributed by atoms with Gasteiger partial charge in [0, 0.05) is 12.1 Å². The zero-order valence-corrected chi connectivity index (χ0v) is 14.4. The molecule has 0 spiro atoms. The number of ether oxygens (including phenoxy) is 1. The molecule has 2 heterocycles. The standard InChI is InChI=1S/C17H23NO4S/c1-12-6-9-14(10-7-12)23(20,21)18-13-4-3-5-15(17(19)22-2)16(18)11-8-13/h6-7,9-10,13,15-16H,3-5,8,11H2,1-2H3/t13-,15-,16-/m0/s1. The molecule has 6 heteroatoms. The molecule has 0 unspecified atom stereocenters. The first-order valence-electron chi connectivity index (χ1n) is 8.13. The van der Waals surface area contributed by atoms with Crippen LogP contribution in [0.4, 0.5) is 0 Å². The molecule has 1 aromatic carbocycles. The Morgan fingerprint density at radius 3 is 2.48 bits per heavy atom. The third-order valence-electron chi connectivity index (χ3n) is 5.10. The first kappa shape index (κ1) is 16.5. The number of sulfonamides is 1. The lowest BCUT2D eigenvalue weighted by atomic mass is 9.91. The van der Waals surface area contributed by atoms with Crippen molar-refractivity contribution < 1.29 is 17.9 Å². The Labute approximate surface area is 137 Å². The summed E-state index contributed by atoms with van der Waals surface area (Å²) in [6.45, 7) is 1.93. The van der Waals surface area contributed by atoms with Gasteiger partial charge in [-0.1, -0.05) is 24.1 Å². The average Bonchev–Trinajstić information content (AvgIpc) is 2.84. The van der Waals surface area contributed by atoms with Gasteiger partial charge in [-0.2, -0.15) is 4.31 Å². The van der Waals surface area contributed by atoms with Crippen molar-refractivity contribution >= 4 is 16.0 Å². The summed E-state index contributed by atoms with van der Waals surface area (Å²) in [5, 5.41) is 0. The zero-order valence-electron chi connectivity index (χ0n) is 13.6. The van der Waals surface area contributed by atoms with Crippen LogP contribution in [0, 0.1) is 12.8 Å². The third kappa shape index (κ3) is 2.90. The summed E-state index contributed by atoms with van der Waals surface area (Å²) in [7, 11) is -2.21. The minimum absolute atomic E-state index is 0.000888. The van der Waals surface area contributed by atoms with E-state index < -0.39 is 10.0 Å². The number of benzene rings is 1. The fourth-order valence-corrected chi connectivity index (χ4v) is 5.87. The summed E-state index contributed by atoms with van der Waals surface area (Å²) in [5.74, 6) is -0.644. The number of hydrogen-bond donors (Lipinski definition) is 0. The predicted octanol–water partition coefficient (Wildman–Crippen LogP) is 2.49. The molecule has 0 aliphatic carbocycles. The van der Waals surface area contributed by atoms with Crippen molar-refractivity contribution in [2.75, 3.05) is 7.11 Å². The van der Waals surface area contributed by atoms with Crippen molar-refractivity contribution in [2.24, 2.45) is 5.92 Å². The lowest BCUT2D eigenvalue weighted by molar-refractivity contribution is -0.147. The van der Waals surface area contributed by atoms with Crippen LogP contribution < -0.4 is 0 Å². The van der Waals surface area contributed by atoms with E-state index in [1.54, 1.807) is 16.4 Å². The van der Waals surface area contributed by atoms with E-state index in [2.05, 4.69) is 0 Å². The van der Waals surface area contributed by atoms with Gasteiger partial charge in [-0.3, -0.25) is 4.79 Å². The highest BCUT2D eigenvalue weighted by atomic mass is 32.2. The van der Waals surface area contributed by atoms with Crippen molar-refractivity contribution in [2.45, 2.75) is 56.0 Å². The number of esters is 1. The molecule has 2 bridgehead atoms. The summed E-state index contributed by atoms with van der Waals surface area (Å²) < 4.78 is 32.8. The monoisotopic (exact) mass is 337 g/mol. The van der Waals surface area contributed by atoms with E-state index in [9.17, 15) is 13.2 Å². The smallest absolute Gasteiger partial charge is 0.310 e. The second kappa shape index (κ2) is 6.24. The van der Waals surface area contributed by atoms with E-state index in [1.165, 1.54) is 7.11 Å². The summed E-state index contributed by atoms with van der Waals surface area (Å²) >= 11 is 0. The predicted molar refractivity (Wildman–Crippen MR) is 86.4 cm³/mol. The molecule has 23 heavy (non-hydrogen) atoms. The van der Waals surface area contributed by atoms with Crippen LogP contribution in [0.15, 0.2) is 29.2 Å². The van der Waals surface area contributed by atoms with Gasteiger partial charge in [0.25, 0.3) is 0 Å². The van der Waals surface area contributed by atoms with Crippen LogP contribution in [0.25, 0.3) is 0 Å². The molecule has 1 aromatic rings. The first-order valence-corrected chi connectivity index (χ1v) is 9.57. The van der Waals surface area contributed by atoms with Gasteiger partial charge < -0.3 is 4.74 Å². The van der Waals surface area contributed by atoms with E-state index in [0.717, 1.165) is 31.2 Å². The molecule has 2 saturated heterocycles. The van der Waals surface area contributed by atoms with Crippen molar-refractivity contribution in [3.63, 3.8) is 0 Å².